The molecule has 9 heteroatoms. The summed E-state index contributed by atoms with van der Waals surface area (Å²) in [6.07, 6.45) is 1.35. The van der Waals surface area contributed by atoms with Crippen molar-refractivity contribution < 1.29 is 17.7 Å². The third-order valence-corrected chi connectivity index (χ3v) is 5.66. The Labute approximate surface area is 149 Å². The van der Waals surface area contributed by atoms with Crippen LogP contribution in [-0.2, 0) is 10.0 Å². The lowest BCUT2D eigenvalue weighted by Gasteiger charge is -2.24. The van der Waals surface area contributed by atoms with Crippen molar-refractivity contribution in [2.75, 3.05) is 10.8 Å². The Morgan fingerprint density at radius 2 is 2.00 bits per heavy atom. The highest BCUT2D eigenvalue weighted by atomic mass is 35.5. The van der Waals surface area contributed by atoms with Gasteiger partial charge in [0.1, 0.15) is 5.82 Å². The summed E-state index contributed by atoms with van der Waals surface area (Å²) < 4.78 is 40.4. The number of aryl methyl sites for hydroxylation is 1. The van der Waals surface area contributed by atoms with Crippen molar-refractivity contribution in [3.05, 3.63) is 75.6 Å². The first-order valence-electron chi connectivity index (χ1n) is 7.02. The summed E-state index contributed by atoms with van der Waals surface area (Å²) in [5, 5.41) is 10.7. The molecule has 0 aromatic heterocycles. The number of benzene rings is 2. The fraction of sp³-hybridized carbons (Fsp3) is 0.125. The lowest BCUT2D eigenvalue weighted by Crippen LogP contribution is -2.31. The molecule has 0 saturated heterocycles. The Morgan fingerprint density at radius 1 is 1.32 bits per heavy atom. The summed E-state index contributed by atoms with van der Waals surface area (Å²) in [6.45, 7) is 4.93. The van der Waals surface area contributed by atoms with Crippen LogP contribution in [-0.4, -0.2) is 19.9 Å². The number of nitro benzene ring substituents is 1. The molecule has 0 amide bonds. The molecule has 0 spiro atoms. The molecule has 0 radical (unpaired) electrons. The maximum atomic E-state index is 13.4. The van der Waals surface area contributed by atoms with Gasteiger partial charge in [-0.25, -0.2) is 12.8 Å². The van der Waals surface area contributed by atoms with Crippen molar-refractivity contribution in [3.8, 4) is 0 Å². The minimum Gasteiger partial charge on any atom is -0.262 e. The lowest BCUT2D eigenvalue weighted by atomic mass is 10.2. The fourth-order valence-electron chi connectivity index (χ4n) is 2.20. The van der Waals surface area contributed by atoms with E-state index in [0.29, 0.717) is 5.56 Å². The molecule has 25 heavy (non-hydrogen) atoms. The van der Waals surface area contributed by atoms with Gasteiger partial charge in [0, 0.05) is 12.1 Å². The minimum absolute atomic E-state index is 0.119. The number of non-ortho nitro benzene ring substituents is 1. The number of halogens is 2. The quantitative estimate of drug-likeness (QED) is 0.427. The normalized spacial score (nSPS) is 11.2. The highest BCUT2D eigenvalue weighted by molar-refractivity contribution is 7.92. The summed E-state index contributed by atoms with van der Waals surface area (Å²) in [5.74, 6) is -0.687. The van der Waals surface area contributed by atoms with Gasteiger partial charge in [0.05, 0.1) is 27.1 Å². The average Bonchev–Trinajstić information content (AvgIpc) is 2.55. The molecule has 0 N–H and O–H groups in total. The monoisotopic (exact) mass is 384 g/mol. The first kappa shape index (κ1) is 18.9. The highest BCUT2D eigenvalue weighted by Gasteiger charge is 2.28. The molecule has 2 aromatic rings. The van der Waals surface area contributed by atoms with Gasteiger partial charge in [0.25, 0.3) is 15.7 Å². The van der Waals surface area contributed by atoms with E-state index < -0.39 is 20.8 Å². The maximum Gasteiger partial charge on any atom is 0.270 e. The minimum atomic E-state index is -4.16. The summed E-state index contributed by atoms with van der Waals surface area (Å²) in [7, 11) is -4.16. The molecule has 132 valence electrons. The molecule has 2 rings (SSSR count). The first-order valence-corrected chi connectivity index (χ1v) is 8.84. The number of nitrogens with zero attached hydrogens (tertiary/aromatic N) is 2. The molecule has 0 aliphatic carbocycles. The van der Waals surface area contributed by atoms with E-state index in [9.17, 15) is 22.9 Å². The number of sulfonamides is 1. The summed E-state index contributed by atoms with van der Waals surface area (Å²) in [6, 6.07) is 7.05. The molecule has 0 atom stereocenters. The van der Waals surface area contributed by atoms with E-state index in [-0.39, 0.29) is 27.8 Å². The second kappa shape index (κ2) is 7.20. The van der Waals surface area contributed by atoms with E-state index >= 15 is 0 Å². The Bertz CT molecular complexity index is 947. The van der Waals surface area contributed by atoms with E-state index in [0.717, 1.165) is 16.4 Å². The molecule has 0 bridgehead atoms. The maximum absolute atomic E-state index is 13.4. The Morgan fingerprint density at radius 3 is 2.56 bits per heavy atom. The summed E-state index contributed by atoms with van der Waals surface area (Å²) in [5.41, 5.74) is 0.116. The number of rotatable bonds is 6. The van der Waals surface area contributed by atoms with Gasteiger partial charge < -0.3 is 0 Å². The first-order chi connectivity index (χ1) is 11.7. The third kappa shape index (κ3) is 3.80. The summed E-state index contributed by atoms with van der Waals surface area (Å²) in [4.78, 5) is 10.1. The molecular formula is C16H14ClFN2O4S. The second-order valence-corrected chi connectivity index (χ2v) is 7.37. The van der Waals surface area contributed by atoms with Crippen LogP contribution in [0.4, 0.5) is 15.8 Å². The van der Waals surface area contributed by atoms with E-state index in [2.05, 4.69) is 6.58 Å². The molecular weight excluding hydrogens is 371 g/mol. The van der Waals surface area contributed by atoms with Crippen LogP contribution in [0.25, 0.3) is 0 Å². The molecule has 6 nitrogen and oxygen atoms in total. The van der Waals surface area contributed by atoms with Gasteiger partial charge in [-0.05, 0) is 30.7 Å². The van der Waals surface area contributed by atoms with Gasteiger partial charge >= 0.3 is 0 Å². The fourth-order valence-corrected chi connectivity index (χ4v) is 4.05. The molecule has 0 saturated carbocycles. The Balaban J connectivity index is 2.64. The van der Waals surface area contributed by atoms with Crippen molar-refractivity contribution in [1.29, 1.82) is 0 Å². The van der Waals surface area contributed by atoms with Gasteiger partial charge in [0.15, 0.2) is 0 Å². The van der Waals surface area contributed by atoms with Crippen LogP contribution in [0.2, 0.25) is 5.02 Å². The van der Waals surface area contributed by atoms with Crippen LogP contribution < -0.4 is 4.31 Å². The Kier molecular flexibility index (Phi) is 5.44. The smallest absolute Gasteiger partial charge is 0.262 e. The molecule has 0 unspecified atom stereocenters. The lowest BCUT2D eigenvalue weighted by molar-refractivity contribution is -0.385. The predicted octanol–water partition coefficient (Wildman–Crippen LogP) is 4.08. The standard InChI is InChI=1S/C16H14ClFN2O4S/c1-3-8-19(12-6-7-15(18)14(17)9-12)25(23,24)16-10-13(20(21)22)5-4-11(16)2/h3-7,9-10H,1,8H2,2H3. The van der Waals surface area contributed by atoms with Gasteiger partial charge in [-0.3, -0.25) is 14.4 Å². The topological polar surface area (TPSA) is 80.5 Å². The van der Waals surface area contributed by atoms with Crippen molar-refractivity contribution in [2.45, 2.75) is 11.8 Å². The Hall–Kier alpha value is -2.45. The van der Waals surface area contributed by atoms with E-state index in [4.69, 9.17) is 11.6 Å². The predicted molar refractivity (Wildman–Crippen MR) is 94.0 cm³/mol. The molecule has 0 aliphatic heterocycles. The van der Waals surface area contributed by atoms with E-state index in [1.807, 2.05) is 0 Å². The second-order valence-electron chi connectivity index (χ2n) is 5.13. The van der Waals surface area contributed by atoms with Crippen LogP contribution in [0.3, 0.4) is 0 Å². The third-order valence-electron chi connectivity index (χ3n) is 3.44. The van der Waals surface area contributed by atoms with Gasteiger partial charge in [-0.15, -0.1) is 6.58 Å². The zero-order chi connectivity index (χ0) is 18.8. The number of hydrogen-bond donors (Lipinski definition) is 0. The number of anilines is 1. The zero-order valence-corrected chi connectivity index (χ0v) is 14.7. The van der Waals surface area contributed by atoms with Crippen LogP contribution >= 0.6 is 11.6 Å². The highest BCUT2D eigenvalue weighted by Crippen LogP contribution is 2.30. The SMILES string of the molecule is C=CCN(c1ccc(F)c(Cl)c1)S(=O)(=O)c1cc([N+](=O)[O-])ccc1C. The largest absolute Gasteiger partial charge is 0.270 e. The average molecular weight is 385 g/mol. The van der Waals surface area contributed by atoms with Crippen molar-refractivity contribution >= 4 is 33.0 Å². The van der Waals surface area contributed by atoms with Crippen LogP contribution in [0.1, 0.15) is 5.56 Å². The molecule has 0 fully saturated rings. The van der Waals surface area contributed by atoms with Gasteiger partial charge in [-0.2, -0.15) is 0 Å². The summed E-state index contributed by atoms with van der Waals surface area (Å²) >= 11 is 5.74. The molecule has 2 aromatic carbocycles. The van der Waals surface area contributed by atoms with Gasteiger partial charge in [0.2, 0.25) is 0 Å². The van der Waals surface area contributed by atoms with E-state index in [1.54, 1.807) is 0 Å². The molecule has 0 heterocycles. The van der Waals surface area contributed by atoms with Crippen LogP contribution in [0.15, 0.2) is 53.9 Å². The number of nitro groups is 1. The van der Waals surface area contributed by atoms with Crippen LogP contribution in [0.5, 0.6) is 0 Å². The van der Waals surface area contributed by atoms with Crippen molar-refractivity contribution in [3.63, 3.8) is 0 Å². The van der Waals surface area contributed by atoms with E-state index in [1.165, 1.54) is 37.3 Å². The van der Waals surface area contributed by atoms with Crippen LogP contribution in [0, 0.1) is 22.9 Å². The zero-order valence-electron chi connectivity index (χ0n) is 13.1. The molecule has 0 aliphatic rings. The number of hydrogen-bond acceptors (Lipinski definition) is 4. The van der Waals surface area contributed by atoms with Crippen molar-refractivity contribution in [2.24, 2.45) is 0 Å². The van der Waals surface area contributed by atoms with Gasteiger partial charge in [-0.1, -0.05) is 23.7 Å². The van der Waals surface area contributed by atoms with Crippen molar-refractivity contribution in [1.82, 2.24) is 0 Å².